The number of nitriles is 1. The maximum Gasteiger partial charge on any atom is 0.0949 e. The van der Waals surface area contributed by atoms with Gasteiger partial charge in [-0.3, -0.25) is 0 Å². The third kappa shape index (κ3) is 4.38. The molecule has 0 saturated heterocycles. The third-order valence-corrected chi connectivity index (χ3v) is 1.35. The lowest BCUT2D eigenvalue weighted by Crippen LogP contribution is -1.89. The molecule has 0 fully saturated rings. The molecule has 0 aromatic heterocycles. The molecule has 0 atom stereocenters. The van der Waals surface area contributed by atoms with Gasteiger partial charge in [0.15, 0.2) is 0 Å². The highest BCUT2D eigenvalue weighted by Gasteiger charge is 1.98. The molecule has 0 spiro atoms. The van der Waals surface area contributed by atoms with Crippen molar-refractivity contribution in [2.45, 2.75) is 27.7 Å². The van der Waals surface area contributed by atoms with E-state index in [-0.39, 0.29) is 0 Å². The summed E-state index contributed by atoms with van der Waals surface area (Å²) in [5.74, 6) is 0.329. The maximum absolute atomic E-state index is 8.66. The summed E-state index contributed by atoms with van der Waals surface area (Å²) in [6, 6.07) is 2.17. The molecule has 0 amide bonds. The zero-order chi connectivity index (χ0) is 8.85. The maximum atomic E-state index is 8.66. The molecular formula is C10H15N. The van der Waals surface area contributed by atoms with Gasteiger partial charge in [-0.1, -0.05) is 25.5 Å². The Bertz CT molecular complexity index is 210. The van der Waals surface area contributed by atoms with Crippen LogP contribution in [0.15, 0.2) is 23.3 Å². The molecule has 0 saturated carbocycles. The summed E-state index contributed by atoms with van der Waals surface area (Å²) in [4.78, 5) is 0. The van der Waals surface area contributed by atoms with Gasteiger partial charge in [0.1, 0.15) is 0 Å². The van der Waals surface area contributed by atoms with Crippen molar-refractivity contribution in [3.05, 3.63) is 23.3 Å². The van der Waals surface area contributed by atoms with E-state index in [1.54, 1.807) is 0 Å². The van der Waals surface area contributed by atoms with Gasteiger partial charge in [-0.15, -0.1) is 0 Å². The van der Waals surface area contributed by atoms with Crippen molar-refractivity contribution in [3.63, 3.8) is 0 Å². The van der Waals surface area contributed by atoms with Gasteiger partial charge in [-0.05, 0) is 25.8 Å². The predicted molar refractivity (Wildman–Crippen MR) is 48.0 cm³/mol. The van der Waals surface area contributed by atoms with Crippen LogP contribution in [-0.4, -0.2) is 0 Å². The molecule has 11 heavy (non-hydrogen) atoms. The molecule has 0 aliphatic rings. The standard InChI is InChI=1S/C10H15N/c1-8(2)5-6-10(7-11)9(3)4/h5-6,9H,1-4H3/b10-6-. The molecule has 0 rings (SSSR count). The van der Waals surface area contributed by atoms with E-state index in [9.17, 15) is 0 Å². The first-order valence-electron chi connectivity index (χ1n) is 3.83. The molecule has 0 aromatic carbocycles. The molecule has 0 bridgehead atoms. The second kappa shape index (κ2) is 4.73. The SMILES string of the molecule is CC(C)=C/C=C(/C#N)C(C)C. The van der Waals surface area contributed by atoms with Crippen molar-refractivity contribution in [2.75, 3.05) is 0 Å². The van der Waals surface area contributed by atoms with Crippen LogP contribution < -0.4 is 0 Å². The highest BCUT2D eigenvalue weighted by molar-refractivity contribution is 5.28. The van der Waals surface area contributed by atoms with Gasteiger partial charge in [0.25, 0.3) is 0 Å². The largest absolute Gasteiger partial charge is 0.193 e. The van der Waals surface area contributed by atoms with Crippen LogP contribution in [0, 0.1) is 17.2 Å². The molecule has 0 aliphatic heterocycles. The van der Waals surface area contributed by atoms with Crippen molar-refractivity contribution in [1.82, 2.24) is 0 Å². The van der Waals surface area contributed by atoms with Crippen LogP contribution in [0.3, 0.4) is 0 Å². The van der Waals surface area contributed by atoms with E-state index in [1.807, 2.05) is 39.8 Å². The van der Waals surface area contributed by atoms with Crippen LogP contribution in [0.25, 0.3) is 0 Å². The fraction of sp³-hybridized carbons (Fsp3) is 0.500. The molecule has 0 aromatic rings. The number of nitrogens with zero attached hydrogens (tertiary/aromatic N) is 1. The van der Waals surface area contributed by atoms with Gasteiger partial charge in [0, 0.05) is 5.57 Å². The summed E-state index contributed by atoms with van der Waals surface area (Å²) in [5, 5.41) is 8.66. The summed E-state index contributed by atoms with van der Waals surface area (Å²) in [7, 11) is 0. The minimum absolute atomic E-state index is 0.329. The molecule has 0 radical (unpaired) electrons. The Morgan fingerprint density at radius 3 is 2.09 bits per heavy atom. The first-order chi connectivity index (χ1) is 5.07. The lowest BCUT2D eigenvalue weighted by Gasteiger charge is -1.98. The number of rotatable bonds is 2. The van der Waals surface area contributed by atoms with Crippen LogP contribution in [0.1, 0.15) is 27.7 Å². The number of allylic oxidation sites excluding steroid dienone is 4. The van der Waals surface area contributed by atoms with Crippen molar-refractivity contribution < 1.29 is 0 Å². The summed E-state index contributed by atoms with van der Waals surface area (Å²) in [6.45, 7) is 8.08. The highest BCUT2D eigenvalue weighted by Crippen LogP contribution is 2.08. The minimum atomic E-state index is 0.329. The fourth-order valence-corrected chi connectivity index (χ4v) is 0.615. The third-order valence-electron chi connectivity index (χ3n) is 1.35. The quantitative estimate of drug-likeness (QED) is 0.437. The van der Waals surface area contributed by atoms with Gasteiger partial charge < -0.3 is 0 Å². The zero-order valence-corrected chi connectivity index (χ0v) is 7.68. The summed E-state index contributed by atoms with van der Waals surface area (Å²) in [5.41, 5.74) is 2.06. The Hall–Kier alpha value is -1.03. The first-order valence-corrected chi connectivity index (χ1v) is 3.83. The molecule has 0 N–H and O–H groups in total. The van der Waals surface area contributed by atoms with E-state index >= 15 is 0 Å². The van der Waals surface area contributed by atoms with Gasteiger partial charge in [-0.2, -0.15) is 5.26 Å². The number of hydrogen-bond donors (Lipinski definition) is 0. The van der Waals surface area contributed by atoms with Crippen LogP contribution >= 0.6 is 0 Å². The van der Waals surface area contributed by atoms with Crippen molar-refractivity contribution in [2.24, 2.45) is 5.92 Å². The lowest BCUT2D eigenvalue weighted by atomic mass is 10.0. The van der Waals surface area contributed by atoms with Crippen molar-refractivity contribution in [1.29, 1.82) is 5.26 Å². The van der Waals surface area contributed by atoms with E-state index in [4.69, 9.17) is 5.26 Å². The summed E-state index contributed by atoms with van der Waals surface area (Å²) in [6.07, 6.45) is 3.86. The predicted octanol–water partition coefficient (Wildman–Crippen LogP) is 3.06. The summed E-state index contributed by atoms with van der Waals surface area (Å²) < 4.78 is 0. The smallest absolute Gasteiger partial charge is 0.0949 e. The van der Waals surface area contributed by atoms with E-state index < -0.39 is 0 Å². The average molecular weight is 149 g/mol. The Morgan fingerprint density at radius 1 is 1.27 bits per heavy atom. The molecular weight excluding hydrogens is 134 g/mol. The Labute approximate surface area is 69.0 Å². The number of hydrogen-bond acceptors (Lipinski definition) is 1. The Balaban J connectivity index is 4.41. The van der Waals surface area contributed by atoms with Crippen LogP contribution in [0.5, 0.6) is 0 Å². The van der Waals surface area contributed by atoms with Gasteiger partial charge in [0.2, 0.25) is 0 Å². The second-order valence-electron chi connectivity index (χ2n) is 3.13. The molecule has 60 valence electrons. The molecule has 0 heterocycles. The monoisotopic (exact) mass is 149 g/mol. The molecule has 1 nitrogen and oxygen atoms in total. The van der Waals surface area contributed by atoms with Gasteiger partial charge >= 0.3 is 0 Å². The Morgan fingerprint density at radius 2 is 1.82 bits per heavy atom. The molecule has 0 unspecified atom stereocenters. The topological polar surface area (TPSA) is 23.8 Å². The second-order valence-corrected chi connectivity index (χ2v) is 3.13. The van der Waals surface area contributed by atoms with E-state index in [1.165, 1.54) is 5.57 Å². The normalized spacial score (nSPS) is 11.1. The van der Waals surface area contributed by atoms with E-state index in [0.717, 1.165) is 5.57 Å². The van der Waals surface area contributed by atoms with Crippen molar-refractivity contribution >= 4 is 0 Å². The van der Waals surface area contributed by atoms with E-state index in [0.29, 0.717) is 5.92 Å². The average Bonchev–Trinajstić information content (AvgIpc) is 1.87. The van der Waals surface area contributed by atoms with Gasteiger partial charge in [-0.25, -0.2) is 0 Å². The minimum Gasteiger partial charge on any atom is -0.193 e. The summed E-state index contributed by atoms with van der Waals surface area (Å²) >= 11 is 0. The van der Waals surface area contributed by atoms with Crippen LogP contribution in [0.2, 0.25) is 0 Å². The fourth-order valence-electron chi connectivity index (χ4n) is 0.615. The zero-order valence-electron chi connectivity index (χ0n) is 7.68. The van der Waals surface area contributed by atoms with Crippen LogP contribution in [0.4, 0.5) is 0 Å². The van der Waals surface area contributed by atoms with Gasteiger partial charge in [0.05, 0.1) is 6.07 Å². The van der Waals surface area contributed by atoms with Crippen molar-refractivity contribution in [3.8, 4) is 6.07 Å². The first kappa shape index (κ1) is 9.97. The highest BCUT2D eigenvalue weighted by atomic mass is 14.2. The lowest BCUT2D eigenvalue weighted by molar-refractivity contribution is 0.795. The van der Waals surface area contributed by atoms with E-state index in [2.05, 4.69) is 6.07 Å². The molecule has 0 aliphatic carbocycles. The Kier molecular flexibility index (Phi) is 4.29. The molecule has 1 heteroatoms. The van der Waals surface area contributed by atoms with Crippen LogP contribution in [-0.2, 0) is 0 Å².